The minimum absolute atomic E-state index is 0.0365. The second-order valence-corrected chi connectivity index (χ2v) is 4.84. The van der Waals surface area contributed by atoms with E-state index in [-0.39, 0.29) is 36.1 Å². The highest BCUT2D eigenvalue weighted by atomic mass is 35.5. The van der Waals surface area contributed by atoms with Gasteiger partial charge in [-0.3, -0.25) is 4.79 Å². The molecule has 0 aliphatic carbocycles. The average molecular weight is 318 g/mol. The summed E-state index contributed by atoms with van der Waals surface area (Å²) in [5.74, 6) is -0.978. The van der Waals surface area contributed by atoms with Crippen LogP contribution < -0.4 is 0 Å². The van der Waals surface area contributed by atoms with Gasteiger partial charge in [0.25, 0.3) is 0 Å². The van der Waals surface area contributed by atoms with Gasteiger partial charge in [0.2, 0.25) is 5.69 Å². The monoisotopic (exact) mass is 317 g/mol. The van der Waals surface area contributed by atoms with Crippen molar-refractivity contribution < 1.29 is 23.8 Å². The van der Waals surface area contributed by atoms with Gasteiger partial charge in [-0.05, 0) is 19.8 Å². The largest absolute Gasteiger partial charge is 0.463 e. The highest BCUT2D eigenvalue weighted by Crippen LogP contribution is 2.31. The molecule has 0 radical (unpaired) electrons. The SMILES string of the molecule is CCOC(=O)c1nnn([C@H]2CC[C@@H](COC(C)=O)O2)c1Cl. The molecule has 0 aromatic carbocycles. The molecule has 1 fully saturated rings. The van der Waals surface area contributed by atoms with Crippen molar-refractivity contribution in [3.8, 4) is 0 Å². The van der Waals surface area contributed by atoms with Gasteiger partial charge in [-0.15, -0.1) is 5.10 Å². The van der Waals surface area contributed by atoms with E-state index in [0.717, 1.165) is 0 Å². The number of rotatable bonds is 5. The van der Waals surface area contributed by atoms with Crippen LogP contribution in [0.2, 0.25) is 5.15 Å². The Hall–Kier alpha value is -1.67. The van der Waals surface area contributed by atoms with Crippen molar-refractivity contribution in [2.75, 3.05) is 13.2 Å². The summed E-state index contributed by atoms with van der Waals surface area (Å²) in [4.78, 5) is 22.4. The second kappa shape index (κ2) is 6.86. The molecule has 1 aliphatic heterocycles. The van der Waals surface area contributed by atoms with E-state index in [1.807, 2.05) is 0 Å². The number of carbonyl (C=O) groups excluding carboxylic acids is 2. The number of halogens is 1. The van der Waals surface area contributed by atoms with Gasteiger partial charge in [-0.1, -0.05) is 16.8 Å². The van der Waals surface area contributed by atoms with Crippen LogP contribution in [0, 0.1) is 0 Å². The summed E-state index contributed by atoms with van der Waals surface area (Å²) in [7, 11) is 0. The summed E-state index contributed by atoms with van der Waals surface area (Å²) in [6.45, 7) is 3.44. The van der Waals surface area contributed by atoms with Crippen LogP contribution in [0.15, 0.2) is 0 Å². The summed E-state index contributed by atoms with van der Waals surface area (Å²) in [6.07, 6.45) is 0.680. The molecule has 1 aliphatic rings. The molecule has 9 heteroatoms. The minimum Gasteiger partial charge on any atom is -0.463 e. The number of aromatic nitrogens is 3. The van der Waals surface area contributed by atoms with E-state index in [1.54, 1.807) is 6.92 Å². The third-order valence-electron chi connectivity index (χ3n) is 2.94. The number of nitrogens with zero attached hydrogens (tertiary/aromatic N) is 3. The fourth-order valence-electron chi connectivity index (χ4n) is 1.99. The van der Waals surface area contributed by atoms with Crippen LogP contribution in [0.3, 0.4) is 0 Å². The Morgan fingerprint density at radius 1 is 1.43 bits per heavy atom. The standard InChI is InChI=1S/C12H16ClN3O5/c1-3-19-12(18)10-11(13)16(15-14-10)9-5-4-8(21-9)6-20-7(2)17/h8-9H,3-6H2,1-2H3/t8-,9+/m0/s1. The first-order valence-electron chi connectivity index (χ1n) is 6.59. The summed E-state index contributed by atoms with van der Waals surface area (Å²) < 4.78 is 16.7. The first-order valence-corrected chi connectivity index (χ1v) is 6.97. The Bertz CT molecular complexity index is 533. The van der Waals surface area contributed by atoms with Crippen LogP contribution in [0.5, 0.6) is 0 Å². The smallest absolute Gasteiger partial charge is 0.362 e. The van der Waals surface area contributed by atoms with Crippen LogP contribution in [0.4, 0.5) is 0 Å². The molecule has 2 heterocycles. The Labute approximate surface area is 126 Å². The van der Waals surface area contributed by atoms with Gasteiger partial charge in [0, 0.05) is 6.92 Å². The van der Waals surface area contributed by atoms with Crippen molar-refractivity contribution in [1.82, 2.24) is 15.0 Å². The van der Waals surface area contributed by atoms with Crippen LogP contribution in [0.25, 0.3) is 0 Å². The van der Waals surface area contributed by atoms with Gasteiger partial charge in [-0.25, -0.2) is 9.48 Å². The van der Waals surface area contributed by atoms with E-state index in [0.29, 0.717) is 12.8 Å². The molecule has 2 atom stereocenters. The molecule has 0 spiro atoms. The van der Waals surface area contributed by atoms with Crippen LogP contribution in [-0.4, -0.2) is 46.3 Å². The third-order valence-corrected chi connectivity index (χ3v) is 3.29. The normalized spacial score (nSPS) is 21.3. The molecule has 1 aromatic heterocycles. The fraction of sp³-hybridized carbons (Fsp3) is 0.667. The summed E-state index contributed by atoms with van der Waals surface area (Å²) >= 11 is 6.08. The lowest BCUT2D eigenvalue weighted by Gasteiger charge is -2.13. The zero-order valence-electron chi connectivity index (χ0n) is 11.7. The zero-order valence-corrected chi connectivity index (χ0v) is 12.5. The lowest BCUT2D eigenvalue weighted by Crippen LogP contribution is -2.19. The highest BCUT2D eigenvalue weighted by molar-refractivity contribution is 6.32. The first-order chi connectivity index (χ1) is 10.0. The maximum Gasteiger partial charge on any atom is 0.362 e. The van der Waals surface area contributed by atoms with Crippen LogP contribution in [-0.2, 0) is 19.0 Å². The molecule has 2 rings (SSSR count). The van der Waals surface area contributed by atoms with Crippen molar-refractivity contribution in [2.24, 2.45) is 0 Å². The number of hydrogen-bond donors (Lipinski definition) is 0. The van der Waals surface area contributed by atoms with Gasteiger partial charge in [0.05, 0.1) is 12.7 Å². The highest BCUT2D eigenvalue weighted by Gasteiger charge is 2.31. The lowest BCUT2D eigenvalue weighted by molar-refractivity contribution is -0.145. The molecule has 0 unspecified atom stereocenters. The van der Waals surface area contributed by atoms with Crippen molar-refractivity contribution in [3.05, 3.63) is 10.8 Å². The number of hydrogen-bond acceptors (Lipinski definition) is 7. The first kappa shape index (κ1) is 15.7. The Morgan fingerprint density at radius 2 is 2.19 bits per heavy atom. The molecular formula is C12H16ClN3O5. The van der Waals surface area contributed by atoms with Crippen LogP contribution in [0.1, 0.15) is 43.4 Å². The fourth-order valence-corrected chi connectivity index (χ4v) is 2.25. The molecule has 0 bridgehead atoms. The average Bonchev–Trinajstić information content (AvgIpc) is 3.03. The quantitative estimate of drug-likeness (QED) is 0.757. The van der Waals surface area contributed by atoms with Gasteiger partial charge in [0.1, 0.15) is 6.61 Å². The summed E-state index contributed by atoms with van der Waals surface area (Å²) in [5, 5.41) is 7.63. The number of carbonyl (C=O) groups is 2. The molecule has 8 nitrogen and oxygen atoms in total. The van der Waals surface area contributed by atoms with E-state index in [4.69, 9.17) is 25.8 Å². The molecule has 1 saturated heterocycles. The maximum atomic E-state index is 11.6. The predicted octanol–water partition coefficient (Wildman–Crippen LogP) is 1.35. The lowest BCUT2D eigenvalue weighted by atomic mass is 10.2. The second-order valence-electron chi connectivity index (χ2n) is 4.49. The molecule has 1 aromatic rings. The van der Waals surface area contributed by atoms with E-state index in [9.17, 15) is 9.59 Å². The van der Waals surface area contributed by atoms with E-state index < -0.39 is 12.2 Å². The Morgan fingerprint density at radius 3 is 2.86 bits per heavy atom. The summed E-state index contributed by atoms with van der Waals surface area (Å²) in [6, 6.07) is 0. The number of esters is 2. The predicted molar refractivity (Wildman–Crippen MR) is 70.8 cm³/mol. The van der Waals surface area contributed by atoms with Crippen molar-refractivity contribution in [1.29, 1.82) is 0 Å². The molecule has 0 N–H and O–H groups in total. The van der Waals surface area contributed by atoms with Gasteiger partial charge < -0.3 is 14.2 Å². The molecule has 0 amide bonds. The molecule has 116 valence electrons. The summed E-state index contributed by atoms with van der Waals surface area (Å²) in [5.41, 5.74) is -0.0365. The Balaban J connectivity index is 2.00. The Kier molecular flexibility index (Phi) is 5.13. The van der Waals surface area contributed by atoms with Gasteiger partial charge >= 0.3 is 11.9 Å². The van der Waals surface area contributed by atoms with Gasteiger partial charge in [-0.2, -0.15) is 0 Å². The van der Waals surface area contributed by atoms with Crippen molar-refractivity contribution >= 4 is 23.5 Å². The molecule has 21 heavy (non-hydrogen) atoms. The van der Waals surface area contributed by atoms with E-state index in [2.05, 4.69) is 10.3 Å². The number of ether oxygens (including phenoxy) is 3. The van der Waals surface area contributed by atoms with Crippen LogP contribution >= 0.6 is 11.6 Å². The van der Waals surface area contributed by atoms with E-state index >= 15 is 0 Å². The molecule has 0 saturated carbocycles. The zero-order chi connectivity index (χ0) is 15.4. The maximum absolute atomic E-state index is 11.6. The van der Waals surface area contributed by atoms with Crippen molar-refractivity contribution in [3.63, 3.8) is 0 Å². The minimum atomic E-state index is -0.622. The van der Waals surface area contributed by atoms with E-state index in [1.165, 1.54) is 11.6 Å². The van der Waals surface area contributed by atoms with Crippen molar-refractivity contribution in [2.45, 2.75) is 39.0 Å². The third kappa shape index (κ3) is 3.70. The van der Waals surface area contributed by atoms with Gasteiger partial charge in [0.15, 0.2) is 11.4 Å². The molecular weight excluding hydrogens is 302 g/mol. The topological polar surface area (TPSA) is 92.5 Å².